The highest BCUT2D eigenvalue weighted by molar-refractivity contribution is 7.89. The highest BCUT2D eigenvalue weighted by Crippen LogP contribution is 2.25. The van der Waals surface area contributed by atoms with Gasteiger partial charge in [-0.3, -0.25) is 0 Å². The van der Waals surface area contributed by atoms with Gasteiger partial charge in [0.15, 0.2) is 0 Å². The zero-order valence-corrected chi connectivity index (χ0v) is 22.6. The Morgan fingerprint density at radius 3 is 1.85 bits per heavy atom. The molecule has 0 bridgehead atoms. The molecule has 0 aliphatic rings. The molecule has 1 N–H and O–H groups in total. The first-order valence-corrected chi connectivity index (χ1v) is 14.1. The molecule has 0 aliphatic heterocycles. The number of halogens is 2. The van der Waals surface area contributed by atoms with Crippen LogP contribution in [0.5, 0.6) is 0 Å². The number of nitrogens with zero attached hydrogens (tertiary/aromatic N) is 2. The van der Waals surface area contributed by atoms with Crippen molar-refractivity contribution in [2.45, 2.75) is 35.8 Å². The fraction of sp³-hybridized carbons (Fsp3) is 0.455. The van der Waals surface area contributed by atoms with Crippen LogP contribution in [0.4, 0.5) is 0 Å². The number of methoxy groups -OCH3 is 1. The highest BCUT2D eigenvalue weighted by Gasteiger charge is 2.34. The van der Waals surface area contributed by atoms with Gasteiger partial charge in [0, 0.05) is 43.3 Å². The van der Waals surface area contributed by atoms with Crippen molar-refractivity contribution < 1.29 is 26.7 Å². The Morgan fingerprint density at radius 2 is 1.41 bits per heavy atom. The van der Waals surface area contributed by atoms with Gasteiger partial charge in [-0.15, -0.1) is 0 Å². The molecule has 0 aliphatic carbocycles. The number of hydrogen-bond acceptors (Lipinski definition) is 6. The predicted molar refractivity (Wildman–Crippen MR) is 133 cm³/mol. The topological polar surface area (TPSA) is 104 Å². The van der Waals surface area contributed by atoms with Crippen molar-refractivity contribution in [3.63, 3.8) is 0 Å². The van der Waals surface area contributed by atoms with Crippen LogP contribution >= 0.6 is 23.2 Å². The van der Waals surface area contributed by atoms with Gasteiger partial charge in [-0.05, 0) is 49.2 Å². The van der Waals surface area contributed by atoms with Gasteiger partial charge < -0.3 is 9.84 Å². The first kappa shape index (κ1) is 29.0. The predicted octanol–water partition coefficient (Wildman–Crippen LogP) is 3.34. The molecule has 12 heteroatoms. The maximum atomic E-state index is 13.3. The Labute approximate surface area is 212 Å². The number of benzene rings is 2. The van der Waals surface area contributed by atoms with Crippen molar-refractivity contribution in [1.82, 2.24) is 8.61 Å². The molecule has 2 rings (SSSR count). The molecule has 0 saturated heterocycles. The zero-order valence-electron chi connectivity index (χ0n) is 19.4. The van der Waals surface area contributed by atoms with Gasteiger partial charge in [0.05, 0.1) is 22.5 Å². The van der Waals surface area contributed by atoms with Crippen molar-refractivity contribution in [3.05, 3.63) is 58.6 Å². The molecular weight excluding hydrogens is 523 g/mol. The monoisotopic (exact) mass is 552 g/mol. The minimum atomic E-state index is -3.99. The minimum Gasteiger partial charge on any atom is -0.395 e. The molecule has 0 radical (unpaired) electrons. The normalized spacial score (nSPS) is 15.4. The number of aliphatic hydroxyl groups is 1. The maximum Gasteiger partial charge on any atom is 0.243 e. The summed E-state index contributed by atoms with van der Waals surface area (Å²) in [7, 11) is -4.97. The summed E-state index contributed by atoms with van der Waals surface area (Å²) in [6, 6.07) is 11.1. The van der Waals surface area contributed by atoms with E-state index >= 15 is 0 Å². The minimum absolute atomic E-state index is 0.00196. The number of sulfonamides is 2. The molecule has 0 heterocycles. The van der Waals surface area contributed by atoms with Gasteiger partial charge in [0.25, 0.3) is 0 Å². The lowest BCUT2D eigenvalue weighted by molar-refractivity contribution is 0.0360. The summed E-state index contributed by atoms with van der Waals surface area (Å²) in [6.07, 6.45) is -0.637. The van der Waals surface area contributed by atoms with E-state index in [-0.39, 0.29) is 27.9 Å². The summed E-state index contributed by atoms with van der Waals surface area (Å²) in [4.78, 5) is 0.0474. The van der Waals surface area contributed by atoms with Crippen molar-refractivity contribution in [3.8, 4) is 0 Å². The third-order valence-corrected chi connectivity index (χ3v) is 9.77. The van der Waals surface area contributed by atoms with E-state index in [0.717, 1.165) is 4.31 Å². The second kappa shape index (κ2) is 12.1. The lowest BCUT2D eigenvalue weighted by Crippen LogP contribution is -2.47. The molecular formula is C22H30Cl2N2O6S2. The largest absolute Gasteiger partial charge is 0.395 e. The van der Waals surface area contributed by atoms with Gasteiger partial charge in [-0.2, -0.15) is 8.61 Å². The van der Waals surface area contributed by atoms with Crippen LogP contribution in [-0.2, 0) is 24.8 Å². The Kier molecular flexibility index (Phi) is 10.3. The first-order valence-electron chi connectivity index (χ1n) is 10.5. The van der Waals surface area contributed by atoms with E-state index in [0.29, 0.717) is 5.02 Å². The summed E-state index contributed by atoms with van der Waals surface area (Å²) >= 11 is 11.9. The molecule has 3 atom stereocenters. The van der Waals surface area contributed by atoms with E-state index in [1.54, 1.807) is 32.0 Å². The van der Waals surface area contributed by atoms with Crippen molar-refractivity contribution in [1.29, 1.82) is 0 Å². The fourth-order valence-electron chi connectivity index (χ4n) is 3.42. The smallest absolute Gasteiger partial charge is 0.243 e. The quantitative estimate of drug-likeness (QED) is 0.433. The third kappa shape index (κ3) is 6.92. The van der Waals surface area contributed by atoms with Crippen LogP contribution < -0.4 is 0 Å². The summed E-state index contributed by atoms with van der Waals surface area (Å²) < 4.78 is 60.5. The Morgan fingerprint density at radius 1 is 0.912 bits per heavy atom. The van der Waals surface area contributed by atoms with Crippen LogP contribution in [0.25, 0.3) is 0 Å². The molecule has 190 valence electrons. The van der Waals surface area contributed by atoms with E-state index in [2.05, 4.69) is 0 Å². The van der Waals surface area contributed by atoms with E-state index < -0.39 is 44.7 Å². The molecule has 0 amide bonds. The standard InChI is InChI=1S/C22H30Cl2N2O6S2/c1-16(13-26(17(2)15-27)34(30,31)21-10-6-8-19(24)12-21)22(32-4)14-25(3)33(28,29)20-9-5-7-18(23)11-20/h5-12,16-17,22,27H,13-15H2,1-4H3/t16-,17-,22+/m1/s1. The van der Waals surface area contributed by atoms with Crippen molar-refractivity contribution >= 4 is 43.2 Å². The molecule has 34 heavy (non-hydrogen) atoms. The Balaban J connectivity index is 2.27. The van der Waals surface area contributed by atoms with Crippen molar-refractivity contribution in [2.24, 2.45) is 5.92 Å². The second-order valence-electron chi connectivity index (χ2n) is 8.06. The fourth-order valence-corrected chi connectivity index (χ4v) is 6.92. The summed E-state index contributed by atoms with van der Waals surface area (Å²) in [5, 5.41) is 10.3. The second-order valence-corrected chi connectivity index (χ2v) is 12.9. The van der Waals surface area contributed by atoms with Crippen LogP contribution in [-0.4, -0.2) is 76.6 Å². The Bertz CT molecular complexity index is 1180. The zero-order chi connectivity index (χ0) is 25.7. The lowest BCUT2D eigenvalue weighted by Gasteiger charge is -2.33. The number of hydrogen-bond donors (Lipinski definition) is 1. The van der Waals surface area contributed by atoms with E-state index in [9.17, 15) is 21.9 Å². The molecule has 0 spiro atoms. The number of aliphatic hydroxyl groups excluding tert-OH is 1. The van der Waals surface area contributed by atoms with E-state index in [1.165, 1.54) is 48.8 Å². The SMILES string of the molecule is CO[C@@H](CN(C)S(=O)(=O)c1cccc(Cl)c1)[C@H](C)CN([C@H](C)CO)S(=O)(=O)c1cccc(Cl)c1. The van der Waals surface area contributed by atoms with Crippen LogP contribution in [0.1, 0.15) is 13.8 Å². The van der Waals surface area contributed by atoms with Crippen molar-refractivity contribution in [2.75, 3.05) is 33.9 Å². The number of rotatable bonds is 12. The van der Waals surface area contributed by atoms with Gasteiger partial charge in [0.1, 0.15) is 0 Å². The molecule has 0 aromatic heterocycles. The van der Waals surface area contributed by atoms with Gasteiger partial charge in [-0.1, -0.05) is 42.3 Å². The summed E-state index contributed by atoms with van der Waals surface area (Å²) in [5.74, 6) is -0.426. The molecule has 0 unspecified atom stereocenters. The average Bonchev–Trinajstić information content (AvgIpc) is 2.79. The number of likely N-dealkylation sites (N-methyl/N-ethyl adjacent to an activating group) is 1. The molecule has 2 aromatic carbocycles. The van der Waals surface area contributed by atoms with Crippen LogP contribution in [0.15, 0.2) is 58.3 Å². The van der Waals surface area contributed by atoms with Crippen LogP contribution in [0.3, 0.4) is 0 Å². The Hall–Kier alpha value is -1.24. The first-order chi connectivity index (χ1) is 15.8. The van der Waals surface area contributed by atoms with E-state index in [1.807, 2.05) is 0 Å². The number of ether oxygens (including phenoxy) is 1. The van der Waals surface area contributed by atoms with Gasteiger partial charge >= 0.3 is 0 Å². The summed E-state index contributed by atoms with van der Waals surface area (Å²) in [6.45, 7) is 2.92. The highest BCUT2D eigenvalue weighted by atomic mass is 35.5. The molecule has 8 nitrogen and oxygen atoms in total. The lowest BCUT2D eigenvalue weighted by atomic mass is 10.0. The molecule has 0 saturated carbocycles. The molecule has 0 fully saturated rings. The maximum absolute atomic E-state index is 13.3. The van der Waals surface area contributed by atoms with E-state index in [4.69, 9.17) is 27.9 Å². The van der Waals surface area contributed by atoms with Crippen LogP contribution in [0, 0.1) is 5.92 Å². The van der Waals surface area contributed by atoms with Crippen LogP contribution in [0.2, 0.25) is 10.0 Å². The molecule has 2 aromatic rings. The van der Waals surface area contributed by atoms with Gasteiger partial charge in [0.2, 0.25) is 20.0 Å². The van der Waals surface area contributed by atoms with Gasteiger partial charge in [-0.25, -0.2) is 16.8 Å². The third-order valence-electron chi connectivity index (χ3n) is 5.51. The summed E-state index contributed by atoms with van der Waals surface area (Å²) in [5.41, 5.74) is 0. The average molecular weight is 554 g/mol.